The van der Waals surface area contributed by atoms with Crippen molar-refractivity contribution >= 4 is 15.9 Å². The highest BCUT2D eigenvalue weighted by Crippen LogP contribution is 2.41. The van der Waals surface area contributed by atoms with Crippen LogP contribution in [0, 0.1) is 0 Å². The summed E-state index contributed by atoms with van der Waals surface area (Å²) in [4.78, 5) is 13.2. The lowest BCUT2D eigenvalue weighted by Gasteiger charge is -2.38. The summed E-state index contributed by atoms with van der Waals surface area (Å²) in [6.45, 7) is 4.99. The average Bonchev–Trinajstić information content (AvgIpc) is 3.29. The van der Waals surface area contributed by atoms with Gasteiger partial charge in [-0.1, -0.05) is 6.07 Å². The highest BCUT2D eigenvalue weighted by atomic mass is 32.2. The SMILES string of the molecule is COc1ccc2c(c1)C(NC(=O)c1cccc(S(=O)(=O)N3CCCC3)c1)CC(C)(C)O2. The molecule has 2 heterocycles. The normalized spacial score (nSPS) is 20.5. The van der Waals surface area contributed by atoms with Crippen molar-refractivity contribution in [3.8, 4) is 11.5 Å². The summed E-state index contributed by atoms with van der Waals surface area (Å²) >= 11 is 0. The number of benzene rings is 2. The van der Waals surface area contributed by atoms with Crippen LogP contribution in [0.1, 0.15) is 55.1 Å². The molecule has 4 rings (SSSR count). The van der Waals surface area contributed by atoms with Crippen LogP contribution in [0.2, 0.25) is 0 Å². The summed E-state index contributed by atoms with van der Waals surface area (Å²) in [6, 6.07) is 11.5. The Bertz CT molecular complexity index is 1090. The predicted octanol–water partition coefficient (Wildman–Crippen LogP) is 3.51. The number of sulfonamides is 1. The lowest BCUT2D eigenvalue weighted by Crippen LogP contribution is -2.41. The molecule has 0 aliphatic carbocycles. The van der Waals surface area contributed by atoms with Crippen LogP contribution in [0.15, 0.2) is 47.4 Å². The zero-order chi connectivity index (χ0) is 22.2. The van der Waals surface area contributed by atoms with Crippen LogP contribution in [0.3, 0.4) is 0 Å². The van der Waals surface area contributed by atoms with Gasteiger partial charge in [-0.05, 0) is 63.1 Å². The minimum Gasteiger partial charge on any atom is -0.497 e. The fourth-order valence-electron chi connectivity index (χ4n) is 4.21. The molecule has 2 aromatic rings. The van der Waals surface area contributed by atoms with E-state index in [1.807, 2.05) is 32.0 Å². The maximum absolute atomic E-state index is 13.1. The molecular weight excluding hydrogens is 416 g/mol. The van der Waals surface area contributed by atoms with Gasteiger partial charge in [-0.3, -0.25) is 4.79 Å². The zero-order valence-electron chi connectivity index (χ0n) is 18.1. The number of ether oxygens (including phenoxy) is 2. The Kier molecular flexibility index (Phi) is 5.70. The van der Waals surface area contributed by atoms with Crippen molar-refractivity contribution in [3.63, 3.8) is 0 Å². The quantitative estimate of drug-likeness (QED) is 0.763. The third kappa shape index (κ3) is 4.41. The fourth-order valence-corrected chi connectivity index (χ4v) is 5.77. The van der Waals surface area contributed by atoms with Crippen molar-refractivity contribution in [1.29, 1.82) is 0 Å². The van der Waals surface area contributed by atoms with Gasteiger partial charge in [0.1, 0.15) is 17.1 Å². The molecule has 0 saturated carbocycles. The first-order chi connectivity index (χ1) is 14.7. The second kappa shape index (κ2) is 8.16. The summed E-state index contributed by atoms with van der Waals surface area (Å²) in [5.41, 5.74) is 0.697. The number of hydrogen-bond acceptors (Lipinski definition) is 5. The molecule has 2 aromatic carbocycles. The smallest absolute Gasteiger partial charge is 0.251 e. The molecule has 2 aliphatic rings. The van der Waals surface area contributed by atoms with E-state index in [9.17, 15) is 13.2 Å². The van der Waals surface area contributed by atoms with Crippen LogP contribution in [0.25, 0.3) is 0 Å². The molecule has 31 heavy (non-hydrogen) atoms. The predicted molar refractivity (Wildman–Crippen MR) is 117 cm³/mol. The van der Waals surface area contributed by atoms with Crippen molar-refractivity contribution in [1.82, 2.24) is 9.62 Å². The van der Waals surface area contributed by atoms with E-state index in [0.717, 1.165) is 18.4 Å². The van der Waals surface area contributed by atoms with Gasteiger partial charge >= 0.3 is 0 Å². The van der Waals surface area contributed by atoms with Gasteiger partial charge in [0.05, 0.1) is 18.0 Å². The molecule has 0 spiro atoms. The van der Waals surface area contributed by atoms with E-state index in [0.29, 0.717) is 36.6 Å². The number of nitrogens with zero attached hydrogens (tertiary/aromatic N) is 1. The molecule has 7 nitrogen and oxygen atoms in total. The van der Waals surface area contributed by atoms with E-state index in [1.165, 1.54) is 10.4 Å². The van der Waals surface area contributed by atoms with Crippen molar-refractivity contribution in [2.45, 2.75) is 49.6 Å². The Hall–Kier alpha value is -2.58. The summed E-state index contributed by atoms with van der Waals surface area (Å²) in [5, 5.41) is 3.06. The number of methoxy groups -OCH3 is 1. The third-order valence-corrected chi connectivity index (χ3v) is 7.67. The van der Waals surface area contributed by atoms with Gasteiger partial charge in [0.15, 0.2) is 0 Å². The first-order valence-corrected chi connectivity index (χ1v) is 11.9. The van der Waals surface area contributed by atoms with E-state index < -0.39 is 15.6 Å². The van der Waals surface area contributed by atoms with Crippen molar-refractivity contribution in [3.05, 3.63) is 53.6 Å². The maximum atomic E-state index is 13.1. The van der Waals surface area contributed by atoms with Crippen LogP contribution >= 0.6 is 0 Å². The Labute approximate surface area is 183 Å². The summed E-state index contributed by atoms with van der Waals surface area (Å²) in [7, 11) is -1.99. The van der Waals surface area contributed by atoms with E-state index in [4.69, 9.17) is 9.47 Å². The van der Waals surface area contributed by atoms with Gasteiger partial charge in [-0.25, -0.2) is 8.42 Å². The molecule has 1 fully saturated rings. The van der Waals surface area contributed by atoms with Gasteiger partial charge in [-0.2, -0.15) is 4.31 Å². The number of carbonyl (C=O) groups excluding carboxylic acids is 1. The van der Waals surface area contributed by atoms with Crippen LogP contribution in [-0.2, 0) is 10.0 Å². The molecule has 1 N–H and O–H groups in total. The Balaban J connectivity index is 1.60. The third-order valence-electron chi connectivity index (χ3n) is 5.78. The lowest BCUT2D eigenvalue weighted by atomic mass is 9.89. The summed E-state index contributed by atoms with van der Waals surface area (Å²) in [5.74, 6) is 1.06. The lowest BCUT2D eigenvalue weighted by molar-refractivity contribution is 0.0618. The molecule has 1 unspecified atom stereocenters. The van der Waals surface area contributed by atoms with Gasteiger partial charge in [0, 0.05) is 30.6 Å². The minimum atomic E-state index is -3.59. The van der Waals surface area contributed by atoms with Gasteiger partial charge in [0.25, 0.3) is 5.91 Å². The van der Waals surface area contributed by atoms with E-state index in [2.05, 4.69) is 5.32 Å². The number of hydrogen-bond donors (Lipinski definition) is 1. The number of rotatable bonds is 5. The van der Waals surface area contributed by atoms with Crippen molar-refractivity contribution < 1.29 is 22.7 Å². The minimum absolute atomic E-state index is 0.149. The van der Waals surface area contributed by atoms with Crippen LogP contribution in [0.5, 0.6) is 11.5 Å². The molecule has 1 atom stereocenters. The topological polar surface area (TPSA) is 84.9 Å². The zero-order valence-corrected chi connectivity index (χ0v) is 18.9. The van der Waals surface area contributed by atoms with Gasteiger partial charge in [-0.15, -0.1) is 0 Å². The highest BCUT2D eigenvalue weighted by molar-refractivity contribution is 7.89. The molecule has 166 valence electrons. The van der Waals surface area contributed by atoms with Gasteiger partial charge in [0.2, 0.25) is 10.0 Å². The van der Waals surface area contributed by atoms with E-state index >= 15 is 0 Å². The largest absolute Gasteiger partial charge is 0.497 e. The first-order valence-electron chi connectivity index (χ1n) is 10.5. The highest BCUT2D eigenvalue weighted by Gasteiger charge is 2.35. The standard InChI is InChI=1S/C23H28N2O5S/c1-23(2)15-20(19-14-17(29-3)9-10-21(19)30-23)24-22(26)16-7-6-8-18(13-16)31(27,28)25-11-4-5-12-25/h6-10,13-14,20H,4-5,11-12,15H2,1-3H3,(H,24,26). The van der Waals surface area contributed by atoms with E-state index in [1.54, 1.807) is 25.3 Å². The monoisotopic (exact) mass is 444 g/mol. The number of carbonyl (C=O) groups is 1. The second-order valence-electron chi connectivity index (χ2n) is 8.63. The molecule has 1 saturated heterocycles. The number of nitrogens with one attached hydrogen (secondary N) is 1. The molecule has 1 amide bonds. The average molecular weight is 445 g/mol. The first kappa shape index (κ1) is 21.6. The molecular formula is C23H28N2O5S. The molecule has 2 aliphatic heterocycles. The fraction of sp³-hybridized carbons (Fsp3) is 0.435. The molecule has 0 radical (unpaired) electrons. The van der Waals surface area contributed by atoms with Gasteiger partial charge < -0.3 is 14.8 Å². The Morgan fingerprint density at radius 2 is 1.90 bits per heavy atom. The van der Waals surface area contributed by atoms with Crippen molar-refractivity contribution in [2.75, 3.05) is 20.2 Å². The number of fused-ring (bicyclic) bond motifs is 1. The second-order valence-corrected chi connectivity index (χ2v) is 10.6. The van der Waals surface area contributed by atoms with Crippen molar-refractivity contribution in [2.24, 2.45) is 0 Å². The Morgan fingerprint density at radius 1 is 1.16 bits per heavy atom. The molecule has 0 bridgehead atoms. The molecule has 8 heteroatoms. The summed E-state index contributed by atoms with van der Waals surface area (Å²) in [6.07, 6.45) is 2.30. The van der Waals surface area contributed by atoms with Crippen LogP contribution in [0.4, 0.5) is 0 Å². The Morgan fingerprint density at radius 3 is 2.61 bits per heavy atom. The van der Waals surface area contributed by atoms with Crippen LogP contribution < -0.4 is 14.8 Å². The number of amides is 1. The molecule has 0 aromatic heterocycles. The van der Waals surface area contributed by atoms with E-state index in [-0.39, 0.29) is 16.8 Å². The summed E-state index contributed by atoms with van der Waals surface area (Å²) < 4.78 is 38.6. The maximum Gasteiger partial charge on any atom is 0.251 e. The van der Waals surface area contributed by atoms with Crippen LogP contribution in [-0.4, -0.2) is 44.4 Å².